The molecule has 0 aliphatic carbocycles. The third kappa shape index (κ3) is 4.13. The first-order chi connectivity index (χ1) is 13.9. The normalized spacial score (nSPS) is 17.7. The lowest BCUT2D eigenvalue weighted by molar-refractivity contribution is -0.138. The van der Waals surface area contributed by atoms with Gasteiger partial charge in [0.25, 0.3) is 5.91 Å². The third-order valence-electron chi connectivity index (χ3n) is 5.42. The van der Waals surface area contributed by atoms with Gasteiger partial charge in [-0.1, -0.05) is 12.1 Å². The molecule has 1 aromatic heterocycles. The summed E-state index contributed by atoms with van der Waals surface area (Å²) in [4.78, 5) is 18.3. The maximum absolute atomic E-state index is 13.2. The maximum Gasteiger partial charge on any atom is 0.417 e. The minimum atomic E-state index is -4.55. The average molecular weight is 405 g/mol. The van der Waals surface area contributed by atoms with E-state index < -0.39 is 17.6 Å². The fraction of sp³-hybridized carbons (Fsp3) is 0.450. The van der Waals surface area contributed by atoms with E-state index >= 15 is 0 Å². The fourth-order valence-electron chi connectivity index (χ4n) is 3.83. The summed E-state index contributed by atoms with van der Waals surface area (Å²) in [5.41, 5.74) is -1.20. The van der Waals surface area contributed by atoms with Crippen LogP contribution in [0.3, 0.4) is 0 Å². The summed E-state index contributed by atoms with van der Waals surface area (Å²) in [5, 5.41) is 8.61. The largest absolute Gasteiger partial charge is 0.417 e. The first kappa shape index (κ1) is 19.5. The number of hydrogen-bond acceptors (Lipinski definition) is 5. The van der Waals surface area contributed by atoms with Gasteiger partial charge in [0.1, 0.15) is 0 Å². The Kier molecular flexibility index (Phi) is 5.29. The van der Waals surface area contributed by atoms with Gasteiger partial charge in [0.05, 0.1) is 11.1 Å². The molecule has 1 amide bonds. The minimum Gasteiger partial charge on any atom is -0.355 e. The molecule has 2 fully saturated rings. The van der Waals surface area contributed by atoms with Gasteiger partial charge in [-0.25, -0.2) is 0 Å². The van der Waals surface area contributed by atoms with Gasteiger partial charge >= 0.3 is 6.18 Å². The molecule has 4 rings (SSSR count). The van der Waals surface area contributed by atoms with Crippen LogP contribution in [0.25, 0.3) is 0 Å². The number of hydrogen-bond donors (Lipinski definition) is 0. The van der Waals surface area contributed by atoms with E-state index in [0.29, 0.717) is 26.2 Å². The number of amides is 1. The smallest absolute Gasteiger partial charge is 0.355 e. The van der Waals surface area contributed by atoms with Crippen molar-refractivity contribution in [2.75, 3.05) is 49.1 Å². The van der Waals surface area contributed by atoms with Crippen molar-refractivity contribution in [3.05, 3.63) is 47.5 Å². The topological polar surface area (TPSA) is 52.6 Å². The molecule has 1 aromatic carbocycles. The molecule has 2 aliphatic rings. The van der Waals surface area contributed by atoms with Crippen LogP contribution >= 0.6 is 0 Å². The van der Waals surface area contributed by atoms with Gasteiger partial charge in [-0.3, -0.25) is 4.79 Å². The van der Waals surface area contributed by atoms with Crippen LogP contribution in [0, 0.1) is 0 Å². The van der Waals surface area contributed by atoms with Gasteiger partial charge in [-0.15, -0.1) is 10.2 Å². The Bertz CT molecular complexity index is 857. The molecular formula is C20H22F3N5O. The van der Waals surface area contributed by atoms with Gasteiger partial charge in [-0.2, -0.15) is 13.2 Å². The molecule has 0 saturated carbocycles. The first-order valence-corrected chi connectivity index (χ1v) is 9.72. The highest BCUT2D eigenvalue weighted by molar-refractivity contribution is 5.96. The number of carbonyl (C=O) groups excluding carboxylic acids is 1. The number of nitrogens with zero attached hydrogens (tertiary/aromatic N) is 5. The van der Waals surface area contributed by atoms with E-state index in [1.54, 1.807) is 0 Å². The molecule has 0 unspecified atom stereocenters. The van der Waals surface area contributed by atoms with Crippen molar-refractivity contribution in [1.29, 1.82) is 0 Å². The van der Waals surface area contributed by atoms with Gasteiger partial charge in [-0.05, 0) is 37.1 Å². The number of halogens is 3. The zero-order chi connectivity index (χ0) is 20.4. The standard InChI is InChI=1S/C20H22F3N5O/c21-20(22,23)16-6-2-1-5-15(16)19(29)28-13-11-27(12-14-28)18-8-7-17(24-25-18)26-9-3-4-10-26/h1-2,5-8H,3-4,9-14H2. The van der Waals surface area contributed by atoms with Gasteiger partial charge in [0.2, 0.25) is 0 Å². The van der Waals surface area contributed by atoms with Gasteiger partial charge < -0.3 is 14.7 Å². The molecule has 9 heteroatoms. The molecule has 154 valence electrons. The van der Waals surface area contributed by atoms with E-state index in [2.05, 4.69) is 15.1 Å². The second kappa shape index (κ2) is 7.88. The van der Waals surface area contributed by atoms with Crippen LogP contribution in [0.1, 0.15) is 28.8 Å². The summed E-state index contributed by atoms with van der Waals surface area (Å²) in [6.07, 6.45) is -2.23. The predicted octanol–water partition coefficient (Wildman–Crippen LogP) is 3.06. The van der Waals surface area contributed by atoms with Crippen molar-refractivity contribution in [3.8, 4) is 0 Å². The van der Waals surface area contributed by atoms with Crippen LogP contribution in [-0.4, -0.2) is 60.3 Å². The number of carbonyl (C=O) groups is 1. The number of piperazine rings is 1. The number of anilines is 2. The lowest BCUT2D eigenvalue weighted by Crippen LogP contribution is -2.49. The van der Waals surface area contributed by atoms with Gasteiger partial charge in [0, 0.05) is 39.3 Å². The highest BCUT2D eigenvalue weighted by Gasteiger charge is 2.36. The summed E-state index contributed by atoms with van der Waals surface area (Å²) >= 11 is 0. The highest BCUT2D eigenvalue weighted by Crippen LogP contribution is 2.32. The summed E-state index contributed by atoms with van der Waals surface area (Å²) in [5.74, 6) is 0.993. The molecule has 0 N–H and O–H groups in total. The van der Waals surface area contributed by atoms with Crippen molar-refractivity contribution < 1.29 is 18.0 Å². The van der Waals surface area contributed by atoms with E-state index in [0.717, 1.165) is 43.6 Å². The van der Waals surface area contributed by atoms with Crippen LogP contribution < -0.4 is 9.80 Å². The van der Waals surface area contributed by atoms with E-state index in [4.69, 9.17) is 0 Å². The van der Waals surface area contributed by atoms with E-state index in [9.17, 15) is 18.0 Å². The predicted molar refractivity (Wildman–Crippen MR) is 103 cm³/mol. The van der Waals surface area contributed by atoms with Crippen LogP contribution in [-0.2, 0) is 6.18 Å². The Balaban J connectivity index is 1.40. The molecule has 2 saturated heterocycles. The quantitative estimate of drug-likeness (QED) is 0.786. The average Bonchev–Trinajstić information content (AvgIpc) is 3.28. The number of benzene rings is 1. The third-order valence-corrected chi connectivity index (χ3v) is 5.42. The van der Waals surface area contributed by atoms with Crippen LogP contribution in [0.15, 0.2) is 36.4 Å². The zero-order valence-electron chi connectivity index (χ0n) is 15.9. The molecular weight excluding hydrogens is 383 g/mol. The Morgan fingerprint density at radius 2 is 1.34 bits per heavy atom. The van der Waals surface area contributed by atoms with Crippen molar-refractivity contribution in [3.63, 3.8) is 0 Å². The highest BCUT2D eigenvalue weighted by atomic mass is 19.4. The van der Waals surface area contributed by atoms with Crippen molar-refractivity contribution >= 4 is 17.5 Å². The lowest BCUT2D eigenvalue weighted by atomic mass is 10.1. The Morgan fingerprint density at radius 3 is 1.90 bits per heavy atom. The summed E-state index contributed by atoms with van der Waals surface area (Å²) in [6, 6.07) is 8.79. The lowest BCUT2D eigenvalue weighted by Gasteiger charge is -2.35. The molecule has 2 aliphatic heterocycles. The molecule has 3 heterocycles. The van der Waals surface area contributed by atoms with Crippen molar-refractivity contribution in [1.82, 2.24) is 15.1 Å². The second-order valence-electron chi connectivity index (χ2n) is 7.27. The molecule has 29 heavy (non-hydrogen) atoms. The Labute approximate surface area is 166 Å². The maximum atomic E-state index is 13.2. The molecule has 6 nitrogen and oxygen atoms in total. The van der Waals surface area contributed by atoms with E-state index in [-0.39, 0.29) is 5.56 Å². The minimum absolute atomic E-state index is 0.303. The van der Waals surface area contributed by atoms with Crippen LogP contribution in [0.2, 0.25) is 0 Å². The Morgan fingerprint density at radius 1 is 0.793 bits per heavy atom. The molecule has 0 atom stereocenters. The SMILES string of the molecule is O=C(c1ccccc1C(F)(F)F)N1CCN(c2ccc(N3CCCC3)nn2)CC1. The van der Waals surface area contributed by atoms with Crippen LogP contribution in [0.4, 0.5) is 24.8 Å². The number of rotatable bonds is 3. The van der Waals surface area contributed by atoms with E-state index in [1.807, 2.05) is 17.0 Å². The summed E-state index contributed by atoms with van der Waals surface area (Å²) in [6.45, 7) is 3.65. The number of aromatic nitrogens is 2. The zero-order valence-corrected chi connectivity index (χ0v) is 15.9. The van der Waals surface area contributed by atoms with Crippen molar-refractivity contribution in [2.24, 2.45) is 0 Å². The molecule has 2 aromatic rings. The fourth-order valence-corrected chi connectivity index (χ4v) is 3.83. The molecule has 0 spiro atoms. The second-order valence-corrected chi connectivity index (χ2v) is 7.27. The van der Waals surface area contributed by atoms with Gasteiger partial charge in [0.15, 0.2) is 11.6 Å². The first-order valence-electron chi connectivity index (χ1n) is 9.72. The summed E-state index contributed by atoms with van der Waals surface area (Å²) < 4.78 is 39.6. The number of alkyl halides is 3. The summed E-state index contributed by atoms with van der Waals surface area (Å²) in [7, 11) is 0. The molecule has 0 radical (unpaired) electrons. The van der Waals surface area contributed by atoms with Crippen LogP contribution in [0.5, 0.6) is 0 Å². The van der Waals surface area contributed by atoms with Crippen molar-refractivity contribution in [2.45, 2.75) is 19.0 Å². The molecule has 0 bridgehead atoms. The monoisotopic (exact) mass is 405 g/mol. The van der Waals surface area contributed by atoms with E-state index in [1.165, 1.54) is 23.1 Å². The Hall–Kier alpha value is -2.84.